The first-order valence-electron chi connectivity index (χ1n) is 6.63. The number of hydrogen-bond acceptors (Lipinski definition) is 3. The normalized spacial score (nSPS) is 11.8. The first-order valence-corrected chi connectivity index (χ1v) is 9.15. The van der Waals surface area contributed by atoms with Crippen LogP contribution in [0.25, 0.3) is 0 Å². The van der Waals surface area contributed by atoms with Gasteiger partial charge in [-0.25, -0.2) is 22.0 Å². The van der Waals surface area contributed by atoms with Crippen molar-refractivity contribution in [3.8, 4) is 0 Å². The van der Waals surface area contributed by atoms with Crippen LogP contribution in [0.3, 0.4) is 0 Å². The SMILES string of the molecule is CO[Si](C)(CCCCNc1c(F)c(F)c(F)c(F)c1F)OC. The molecule has 0 heterocycles. The quantitative estimate of drug-likeness (QED) is 0.255. The molecule has 0 radical (unpaired) electrons. The maximum Gasteiger partial charge on any atom is 0.334 e. The molecule has 0 amide bonds. The second kappa shape index (κ2) is 7.89. The lowest BCUT2D eigenvalue weighted by molar-refractivity contribution is 0.248. The number of hydrogen-bond donors (Lipinski definition) is 1. The lowest BCUT2D eigenvalue weighted by atomic mass is 10.2. The summed E-state index contributed by atoms with van der Waals surface area (Å²) in [5, 5.41) is 2.25. The molecule has 3 nitrogen and oxygen atoms in total. The molecule has 0 saturated heterocycles. The molecular formula is C13H18F5NO2Si. The zero-order valence-corrected chi connectivity index (χ0v) is 13.5. The minimum atomic E-state index is -2.22. The molecule has 126 valence electrons. The minimum Gasteiger partial charge on any atom is -0.398 e. The van der Waals surface area contributed by atoms with Crippen LogP contribution in [-0.4, -0.2) is 29.3 Å². The molecule has 1 N–H and O–H groups in total. The first kappa shape index (κ1) is 18.9. The van der Waals surface area contributed by atoms with Gasteiger partial charge >= 0.3 is 8.56 Å². The first-order chi connectivity index (χ1) is 10.3. The Labute approximate surface area is 126 Å². The summed E-state index contributed by atoms with van der Waals surface area (Å²) >= 11 is 0. The zero-order chi connectivity index (χ0) is 16.9. The van der Waals surface area contributed by atoms with Crippen LogP contribution in [0, 0.1) is 29.1 Å². The fraction of sp³-hybridized carbons (Fsp3) is 0.538. The van der Waals surface area contributed by atoms with Crippen LogP contribution in [0.1, 0.15) is 12.8 Å². The third-order valence-corrected chi connectivity index (χ3v) is 6.42. The van der Waals surface area contributed by atoms with Crippen molar-refractivity contribution >= 4 is 14.2 Å². The van der Waals surface area contributed by atoms with Gasteiger partial charge in [-0.15, -0.1) is 0 Å². The highest BCUT2D eigenvalue weighted by molar-refractivity contribution is 6.65. The molecule has 0 fully saturated rings. The second-order valence-electron chi connectivity index (χ2n) is 4.87. The summed E-state index contributed by atoms with van der Waals surface area (Å²) in [6.07, 6.45) is 1.10. The Balaban J connectivity index is 2.60. The van der Waals surface area contributed by atoms with Crippen molar-refractivity contribution in [2.24, 2.45) is 0 Å². The monoisotopic (exact) mass is 343 g/mol. The molecule has 0 aliphatic heterocycles. The van der Waals surface area contributed by atoms with Gasteiger partial charge in [0.05, 0.1) is 0 Å². The largest absolute Gasteiger partial charge is 0.398 e. The smallest absolute Gasteiger partial charge is 0.334 e. The Bertz CT molecular complexity index is 497. The molecule has 0 aromatic heterocycles. The van der Waals surface area contributed by atoms with Crippen molar-refractivity contribution in [3.63, 3.8) is 0 Å². The van der Waals surface area contributed by atoms with Crippen LogP contribution in [-0.2, 0) is 8.85 Å². The van der Waals surface area contributed by atoms with Crippen LogP contribution >= 0.6 is 0 Å². The highest BCUT2D eigenvalue weighted by atomic mass is 28.4. The number of benzene rings is 1. The van der Waals surface area contributed by atoms with Gasteiger partial charge in [-0.2, -0.15) is 0 Å². The van der Waals surface area contributed by atoms with Crippen LogP contribution < -0.4 is 5.32 Å². The standard InChI is InChI=1S/C13H18F5NO2Si/c1-20-22(3,21-2)7-5-4-6-19-13-11(17)9(15)8(14)10(16)12(13)18/h19H,4-7H2,1-3H3. The number of halogens is 5. The van der Waals surface area contributed by atoms with Crippen molar-refractivity contribution in [2.75, 3.05) is 26.1 Å². The summed E-state index contributed by atoms with van der Waals surface area (Å²) in [4.78, 5) is 0. The molecule has 0 saturated carbocycles. The average molecular weight is 343 g/mol. The van der Waals surface area contributed by atoms with Gasteiger partial charge in [-0.05, 0) is 25.4 Å². The van der Waals surface area contributed by atoms with E-state index in [0.717, 1.165) is 0 Å². The summed E-state index contributed by atoms with van der Waals surface area (Å²) in [6.45, 7) is 1.93. The molecule has 0 bridgehead atoms. The fourth-order valence-electron chi connectivity index (χ4n) is 1.83. The summed E-state index contributed by atoms with van der Waals surface area (Å²) in [5.74, 6) is -9.79. The third-order valence-electron chi connectivity index (χ3n) is 3.43. The van der Waals surface area contributed by atoms with Gasteiger partial charge in [0, 0.05) is 20.8 Å². The van der Waals surface area contributed by atoms with Crippen molar-refractivity contribution in [2.45, 2.75) is 25.4 Å². The lowest BCUT2D eigenvalue weighted by Crippen LogP contribution is -2.35. The Hall–Kier alpha value is -1.19. The summed E-state index contributed by atoms with van der Waals surface area (Å²) < 4.78 is 76.2. The predicted octanol–water partition coefficient (Wildman–Crippen LogP) is 3.94. The summed E-state index contributed by atoms with van der Waals surface area (Å²) in [7, 11) is 0.870. The van der Waals surface area contributed by atoms with E-state index in [1.165, 1.54) is 0 Å². The molecule has 1 aromatic carbocycles. The van der Waals surface area contributed by atoms with Crippen molar-refractivity contribution < 1.29 is 30.8 Å². The minimum absolute atomic E-state index is 0.0657. The molecule has 0 aliphatic rings. The molecule has 9 heteroatoms. The van der Waals surface area contributed by atoms with E-state index in [0.29, 0.717) is 18.9 Å². The molecule has 0 aliphatic carbocycles. The predicted molar refractivity (Wildman–Crippen MR) is 74.4 cm³/mol. The van der Waals surface area contributed by atoms with E-state index in [4.69, 9.17) is 8.85 Å². The highest BCUT2D eigenvalue weighted by Gasteiger charge is 2.28. The van der Waals surface area contributed by atoms with Crippen LogP contribution in [0.15, 0.2) is 0 Å². The van der Waals surface area contributed by atoms with E-state index in [1.807, 2.05) is 6.55 Å². The lowest BCUT2D eigenvalue weighted by Gasteiger charge is -2.22. The molecule has 0 spiro atoms. The van der Waals surface area contributed by atoms with Crippen LogP contribution in [0.4, 0.5) is 27.6 Å². The van der Waals surface area contributed by atoms with Gasteiger partial charge < -0.3 is 14.2 Å². The molecule has 0 atom stereocenters. The van der Waals surface area contributed by atoms with Gasteiger partial charge in [0.25, 0.3) is 0 Å². The number of rotatable bonds is 8. The third kappa shape index (κ3) is 4.17. The van der Waals surface area contributed by atoms with Crippen LogP contribution in [0.5, 0.6) is 0 Å². The van der Waals surface area contributed by atoms with Gasteiger partial charge in [-0.3, -0.25) is 0 Å². The van der Waals surface area contributed by atoms with Gasteiger partial charge in [0.1, 0.15) is 5.69 Å². The van der Waals surface area contributed by atoms with E-state index in [9.17, 15) is 22.0 Å². The van der Waals surface area contributed by atoms with E-state index in [-0.39, 0.29) is 6.54 Å². The van der Waals surface area contributed by atoms with Crippen molar-refractivity contribution in [1.82, 2.24) is 0 Å². The topological polar surface area (TPSA) is 30.5 Å². The molecular weight excluding hydrogens is 325 g/mol. The summed E-state index contributed by atoms with van der Waals surface area (Å²) in [5.41, 5.74) is -1.00. The van der Waals surface area contributed by atoms with E-state index < -0.39 is 43.3 Å². The highest BCUT2D eigenvalue weighted by Crippen LogP contribution is 2.27. The van der Waals surface area contributed by atoms with Crippen molar-refractivity contribution in [1.29, 1.82) is 0 Å². The fourth-order valence-corrected chi connectivity index (χ4v) is 3.30. The number of unbranched alkanes of at least 4 members (excludes halogenated alkanes) is 1. The Morgan fingerprint density at radius 1 is 0.818 bits per heavy atom. The van der Waals surface area contributed by atoms with E-state index >= 15 is 0 Å². The number of anilines is 1. The Morgan fingerprint density at radius 2 is 1.27 bits per heavy atom. The van der Waals surface area contributed by atoms with Crippen LogP contribution in [0.2, 0.25) is 12.6 Å². The van der Waals surface area contributed by atoms with Gasteiger partial charge in [0.2, 0.25) is 5.82 Å². The van der Waals surface area contributed by atoms with E-state index in [2.05, 4.69) is 5.32 Å². The molecule has 1 aromatic rings. The Kier molecular flexibility index (Phi) is 6.76. The molecule has 0 unspecified atom stereocenters. The average Bonchev–Trinajstić information content (AvgIpc) is 2.53. The molecule has 1 rings (SSSR count). The van der Waals surface area contributed by atoms with Gasteiger partial charge in [-0.1, -0.05) is 0 Å². The van der Waals surface area contributed by atoms with Crippen molar-refractivity contribution in [3.05, 3.63) is 29.1 Å². The second-order valence-corrected chi connectivity index (χ2v) is 8.45. The Morgan fingerprint density at radius 3 is 1.73 bits per heavy atom. The maximum absolute atomic E-state index is 13.4. The molecule has 22 heavy (non-hydrogen) atoms. The van der Waals surface area contributed by atoms with Gasteiger partial charge in [0.15, 0.2) is 23.3 Å². The maximum atomic E-state index is 13.4. The summed E-state index contributed by atoms with van der Waals surface area (Å²) in [6, 6.07) is 0.652. The zero-order valence-electron chi connectivity index (χ0n) is 12.5. The number of nitrogens with one attached hydrogen (secondary N) is 1. The van der Waals surface area contributed by atoms with E-state index in [1.54, 1.807) is 14.2 Å².